The summed E-state index contributed by atoms with van der Waals surface area (Å²) < 4.78 is 0. The number of nitrogens with two attached hydrogens (primary N) is 3. The number of amides is 1. The molecule has 8 N–H and O–H groups in total. The number of hydrogen-bond donors (Lipinski definition) is 5. The molecule has 2 aromatic carbocycles. The Morgan fingerprint density at radius 1 is 1.09 bits per heavy atom. The number of nitrogens with one attached hydrogen (secondary N) is 2. The van der Waals surface area contributed by atoms with Crippen molar-refractivity contribution < 1.29 is 4.79 Å². The maximum atomic E-state index is 11.8. The van der Waals surface area contributed by atoms with E-state index in [0.29, 0.717) is 17.1 Å². The maximum absolute atomic E-state index is 11.8. The molecule has 22 heavy (non-hydrogen) atoms. The number of rotatable bonds is 3. The number of nitrogens with zero attached hydrogens (tertiary/aromatic N) is 1. The first kappa shape index (κ1) is 15.3. The quantitative estimate of drug-likeness (QED) is 0.184. The summed E-state index contributed by atoms with van der Waals surface area (Å²) in [6.07, 6.45) is 0. The van der Waals surface area contributed by atoms with E-state index in [2.05, 4.69) is 15.8 Å². The van der Waals surface area contributed by atoms with Crippen LogP contribution < -0.4 is 28.2 Å². The van der Waals surface area contributed by atoms with Gasteiger partial charge in [-0.1, -0.05) is 18.2 Å². The van der Waals surface area contributed by atoms with Crippen LogP contribution in [0.1, 0.15) is 15.9 Å². The van der Waals surface area contributed by atoms with Gasteiger partial charge in [0.05, 0.1) is 0 Å². The van der Waals surface area contributed by atoms with Crippen LogP contribution in [0.5, 0.6) is 0 Å². The summed E-state index contributed by atoms with van der Waals surface area (Å²) in [5, 5.41) is 6.16. The number of hydrazone groups is 1. The predicted molar refractivity (Wildman–Crippen MR) is 87.7 cm³/mol. The molecule has 0 aliphatic heterocycles. The molecule has 2 rings (SSSR count). The molecule has 0 saturated carbocycles. The Hall–Kier alpha value is -3.06. The molecular formula is C15H18N6O. The van der Waals surface area contributed by atoms with Gasteiger partial charge in [-0.25, -0.2) is 5.84 Å². The van der Waals surface area contributed by atoms with Crippen molar-refractivity contribution in [2.45, 2.75) is 0 Å². The van der Waals surface area contributed by atoms with E-state index < -0.39 is 0 Å². The number of carbonyl (C=O) groups is 1. The lowest BCUT2D eigenvalue weighted by atomic mass is 9.99. The highest BCUT2D eigenvalue weighted by Crippen LogP contribution is 2.24. The molecule has 0 heterocycles. The summed E-state index contributed by atoms with van der Waals surface area (Å²) >= 11 is 0. The molecule has 1 amide bonds. The molecule has 0 aromatic heterocycles. The third-order valence-electron chi connectivity index (χ3n) is 3.18. The van der Waals surface area contributed by atoms with Crippen LogP contribution in [0.15, 0.2) is 47.6 Å². The second-order valence-corrected chi connectivity index (χ2v) is 4.63. The molecule has 0 atom stereocenters. The minimum absolute atomic E-state index is 0.197. The fraction of sp³-hybridized carbons (Fsp3) is 0.0667. The Kier molecular flexibility index (Phi) is 4.60. The van der Waals surface area contributed by atoms with Crippen LogP contribution in [0.2, 0.25) is 0 Å². The number of nitrogen functional groups attached to an aromatic ring is 1. The molecule has 114 valence electrons. The number of carbonyl (C=O) groups excluding carboxylic acids is 1. The van der Waals surface area contributed by atoms with Crippen molar-refractivity contribution in [2.75, 3.05) is 12.8 Å². The highest BCUT2D eigenvalue weighted by molar-refractivity contribution is 6.00. The molecule has 0 fully saturated rings. The van der Waals surface area contributed by atoms with Crippen molar-refractivity contribution in [1.29, 1.82) is 0 Å². The number of hydrogen-bond acceptors (Lipinski definition) is 5. The van der Waals surface area contributed by atoms with E-state index in [1.807, 2.05) is 24.3 Å². The molecule has 0 spiro atoms. The lowest BCUT2D eigenvalue weighted by Crippen LogP contribution is -2.32. The monoisotopic (exact) mass is 298 g/mol. The molecule has 0 unspecified atom stereocenters. The van der Waals surface area contributed by atoms with Crippen LogP contribution in [0.25, 0.3) is 11.1 Å². The lowest BCUT2D eigenvalue weighted by molar-refractivity contribution is 0.0963. The highest BCUT2D eigenvalue weighted by Gasteiger charge is 2.09. The smallest absolute Gasteiger partial charge is 0.251 e. The molecule has 0 aliphatic rings. The van der Waals surface area contributed by atoms with Crippen LogP contribution in [0.4, 0.5) is 5.69 Å². The Morgan fingerprint density at radius 3 is 2.45 bits per heavy atom. The fourth-order valence-electron chi connectivity index (χ4n) is 2.13. The normalized spacial score (nSPS) is 11.1. The molecule has 7 heteroatoms. The minimum Gasteiger partial charge on any atom is -0.399 e. The van der Waals surface area contributed by atoms with Crippen molar-refractivity contribution in [3.05, 3.63) is 53.6 Å². The average Bonchev–Trinajstić information content (AvgIpc) is 2.55. The Balaban J connectivity index is 2.50. The standard InChI is InChI=1S/C15H18N6O/c1-19-15(22)12-6-11(7-13(16)8-12)9-3-2-4-10(5-9)14(20-17)21-18/h2-8H,16-18H2,1H3,(H,19,22)(H,20,21). The van der Waals surface area contributed by atoms with Gasteiger partial charge < -0.3 is 22.3 Å². The number of anilines is 1. The highest BCUT2D eigenvalue weighted by atomic mass is 16.1. The fourth-order valence-corrected chi connectivity index (χ4v) is 2.13. The second kappa shape index (κ2) is 6.59. The van der Waals surface area contributed by atoms with Gasteiger partial charge in [-0.05, 0) is 35.4 Å². The van der Waals surface area contributed by atoms with E-state index >= 15 is 0 Å². The van der Waals surface area contributed by atoms with Crippen LogP contribution >= 0.6 is 0 Å². The van der Waals surface area contributed by atoms with Gasteiger partial charge in [0.25, 0.3) is 5.91 Å². The molecule has 0 bridgehead atoms. The van der Waals surface area contributed by atoms with Gasteiger partial charge in [0.15, 0.2) is 5.84 Å². The van der Waals surface area contributed by atoms with Gasteiger partial charge in [-0.3, -0.25) is 4.79 Å². The third-order valence-corrected chi connectivity index (χ3v) is 3.18. The van der Waals surface area contributed by atoms with E-state index in [1.165, 1.54) is 0 Å². The van der Waals surface area contributed by atoms with E-state index in [4.69, 9.17) is 17.4 Å². The maximum Gasteiger partial charge on any atom is 0.251 e. The zero-order valence-electron chi connectivity index (χ0n) is 12.1. The first-order chi connectivity index (χ1) is 10.6. The summed E-state index contributed by atoms with van der Waals surface area (Å²) in [4.78, 5) is 11.8. The van der Waals surface area contributed by atoms with E-state index in [9.17, 15) is 4.79 Å². The van der Waals surface area contributed by atoms with Gasteiger partial charge in [-0.2, -0.15) is 5.10 Å². The zero-order chi connectivity index (χ0) is 16.1. The van der Waals surface area contributed by atoms with Crippen molar-refractivity contribution in [3.63, 3.8) is 0 Å². The summed E-state index contributed by atoms with van der Waals surface area (Å²) in [6.45, 7) is 0. The van der Waals surface area contributed by atoms with E-state index in [-0.39, 0.29) is 5.91 Å². The summed E-state index contributed by atoms with van der Waals surface area (Å²) in [7, 11) is 1.57. The third kappa shape index (κ3) is 3.15. The Morgan fingerprint density at radius 2 is 1.82 bits per heavy atom. The largest absolute Gasteiger partial charge is 0.399 e. The van der Waals surface area contributed by atoms with Crippen molar-refractivity contribution in [1.82, 2.24) is 10.7 Å². The van der Waals surface area contributed by atoms with Crippen molar-refractivity contribution in [2.24, 2.45) is 16.8 Å². The van der Waals surface area contributed by atoms with Gasteiger partial charge >= 0.3 is 0 Å². The minimum atomic E-state index is -0.197. The first-order valence-electron chi connectivity index (χ1n) is 6.57. The van der Waals surface area contributed by atoms with Crippen LogP contribution in [-0.2, 0) is 0 Å². The molecule has 0 saturated heterocycles. The number of hydrazine groups is 1. The zero-order valence-corrected chi connectivity index (χ0v) is 12.1. The van der Waals surface area contributed by atoms with Gasteiger partial charge in [0.2, 0.25) is 0 Å². The lowest BCUT2D eigenvalue weighted by Gasteiger charge is -2.09. The molecule has 7 nitrogen and oxygen atoms in total. The summed E-state index contributed by atoms with van der Waals surface area (Å²) in [5.74, 6) is 10.8. The van der Waals surface area contributed by atoms with Crippen LogP contribution in [0.3, 0.4) is 0 Å². The Bertz CT molecular complexity index is 726. The molecule has 0 radical (unpaired) electrons. The van der Waals surface area contributed by atoms with E-state index in [0.717, 1.165) is 16.7 Å². The van der Waals surface area contributed by atoms with Crippen LogP contribution in [-0.4, -0.2) is 18.8 Å². The second-order valence-electron chi connectivity index (χ2n) is 4.63. The van der Waals surface area contributed by atoms with Crippen molar-refractivity contribution in [3.8, 4) is 11.1 Å². The summed E-state index contributed by atoms with van der Waals surface area (Å²) in [6, 6.07) is 12.6. The number of amidine groups is 1. The van der Waals surface area contributed by atoms with Crippen LogP contribution in [0, 0.1) is 0 Å². The molecule has 2 aromatic rings. The number of benzene rings is 2. The van der Waals surface area contributed by atoms with E-state index in [1.54, 1.807) is 25.2 Å². The SMILES string of the molecule is CNC(=O)c1cc(N)cc(-c2cccc(/C(=N/N)NN)c2)c1. The topological polar surface area (TPSA) is 132 Å². The van der Waals surface area contributed by atoms with Crippen molar-refractivity contribution >= 4 is 17.4 Å². The Labute approximate surface area is 128 Å². The predicted octanol–water partition coefficient (Wildman–Crippen LogP) is 0.379. The average molecular weight is 298 g/mol. The molecular weight excluding hydrogens is 280 g/mol. The first-order valence-corrected chi connectivity index (χ1v) is 6.57. The molecule has 0 aliphatic carbocycles. The van der Waals surface area contributed by atoms with Gasteiger partial charge in [-0.15, -0.1) is 0 Å². The van der Waals surface area contributed by atoms with Gasteiger partial charge in [0, 0.05) is 23.9 Å². The van der Waals surface area contributed by atoms with Gasteiger partial charge in [0.1, 0.15) is 0 Å². The summed E-state index contributed by atoms with van der Waals surface area (Å²) in [5.41, 5.74) is 11.7.